The average Bonchev–Trinajstić information content (AvgIpc) is 2.74. The smallest absolute Gasteiger partial charge is 0.266 e. The van der Waals surface area contributed by atoms with Gasteiger partial charge in [-0.2, -0.15) is 0 Å². The van der Waals surface area contributed by atoms with Crippen LogP contribution in [0.25, 0.3) is 10.1 Å². The number of fused-ring (bicyclic) bond motifs is 1. The number of nitrogens with two attached hydrogens (primary N) is 1. The summed E-state index contributed by atoms with van der Waals surface area (Å²) in [7, 11) is 0. The number of rotatable bonds is 1. The number of likely N-dealkylation sites (tertiary alicyclic amines) is 1. The van der Waals surface area contributed by atoms with Crippen LogP contribution in [0.2, 0.25) is 0 Å². The Bertz CT molecular complexity index is 681. The van der Waals surface area contributed by atoms with Crippen LogP contribution in [0, 0.1) is 18.8 Å². The molecule has 2 aromatic rings. The van der Waals surface area contributed by atoms with Crippen molar-refractivity contribution in [3.05, 3.63) is 28.6 Å². The highest BCUT2D eigenvalue weighted by Gasteiger charge is 2.28. The van der Waals surface area contributed by atoms with E-state index in [-0.39, 0.29) is 5.91 Å². The zero-order valence-corrected chi connectivity index (χ0v) is 13.7. The molecule has 2 unspecified atom stereocenters. The summed E-state index contributed by atoms with van der Waals surface area (Å²) in [6.07, 6.45) is 1.20. The maximum Gasteiger partial charge on any atom is 0.266 e. The van der Waals surface area contributed by atoms with Gasteiger partial charge in [-0.15, -0.1) is 11.3 Å². The summed E-state index contributed by atoms with van der Waals surface area (Å²) in [4.78, 5) is 15.5. The number of hydrogen-bond acceptors (Lipinski definition) is 3. The number of piperidine rings is 1. The van der Waals surface area contributed by atoms with E-state index in [1.807, 2.05) is 11.8 Å². The minimum atomic E-state index is 0.102. The SMILES string of the molecule is Cc1ccc2sc(C(=O)N3CC(C)CC(C)C3)c(N)c2c1. The number of nitrogen functional groups attached to an aromatic ring is 1. The van der Waals surface area contributed by atoms with Gasteiger partial charge >= 0.3 is 0 Å². The minimum absolute atomic E-state index is 0.102. The van der Waals surface area contributed by atoms with Gasteiger partial charge in [0, 0.05) is 23.2 Å². The molecule has 1 fully saturated rings. The molecule has 1 aromatic carbocycles. The summed E-state index contributed by atoms with van der Waals surface area (Å²) in [5.41, 5.74) is 8.07. The Hall–Kier alpha value is -1.55. The first-order valence-corrected chi connectivity index (χ1v) is 8.35. The summed E-state index contributed by atoms with van der Waals surface area (Å²) in [5, 5.41) is 1.02. The lowest BCUT2D eigenvalue weighted by atomic mass is 9.92. The fourth-order valence-electron chi connectivity index (χ4n) is 3.36. The molecule has 2 heterocycles. The molecule has 0 bridgehead atoms. The molecular weight excluding hydrogens is 280 g/mol. The normalized spacial score (nSPS) is 22.7. The van der Waals surface area contributed by atoms with E-state index in [2.05, 4.69) is 32.0 Å². The van der Waals surface area contributed by atoms with E-state index in [0.29, 0.717) is 22.4 Å². The van der Waals surface area contributed by atoms with Crippen molar-refractivity contribution in [1.82, 2.24) is 4.90 Å². The highest BCUT2D eigenvalue weighted by atomic mass is 32.1. The second kappa shape index (κ2) is 5.34. The van der Waals surface area contributed by atoms with Gasteiger partial charge in [-0.05, 0) is 37.3 Å². The molecule has 2 atom stereocenters. The number of anilines is 1. The molecular formula is C17H22N2OS. The van der Waals surface area contributed by atoms with E-state index in [1.165, 1.54) is 23.3 Å². The van der Waals surface area contributed by atoms with E-state index < -0.39 is 0 Å². The third kappa shape index (κ3) is 2.64. The summed E-state index contributed by atoms with van der Waals surface area (Å²) >= 11 is 1.52. The van der Waals surface area contributed by atoms with Gasteiger partial charge in [0.15, 0.2) is 0 Å². The molecule has 1 saturated heterocycles. The van der Waals surface area contributed by atoms with Gasteiger partial charge < -0.3 is 10.6 Å². The lowest BCUT2D eigenvalue weighted by Gasteiger charge is -2.34. The molecule has 2 N–H and O–H groups in total. The third-order valence-electron chi connectivity index (χ3n) is 4.23. The average molecular weight is 302 g/mol. The molecule has 1 aliphatic rings. The second-order valence-corrected chi connectivity index (χ2v) is 7.55. The van der Waals surface area contributed by atoms with Crippen molar-refractivity contribution < 1.29 is 4.79 Å². The highest BCUT2D eigenvalue weighted by molar-refractivity contribution is 7.21. The Morgan fingerprint density at radius 1 is 1.29 bits per heavy atom. The fourth-order valence-corrected chi connectivity index (χ4v) is 4.43. The predicted octanol–water partition coefficient (Wildman–Crippen LogP) is 3.91. The monoisotopic (exact) mass is 302 g/mol. The standard InChI is InChI=1S/C17H22N2OS/c1-10-4-5-14-13(7-10)15(18)16(21-14)17(20)19-8-11(2)6-12(3)9-19/h4-5,7,11-12H,6,8-9,18H2,1-3H3. The van der Waals surface area contributed by atoms with Crippen molar-refractivity contribution >= 4 is 33.0 Å². The van der Waals surface area contributed by atoms with Crippen molar-refractivity contribution in [2.45, 2.75) is 27.2 Å². The number of carbonyl (C=O) groups excluding carboxylic acids is 1. The Morgan fingerprint density at radius 2 is 1.95 bits per heavy atom. The molecule has 3 rings (SSSR count). The number of hydrogen-bond donors (Lipinski definition) is 1. The van der Waals surface area contributed by atoms with Crippen LogP contribution in [0.5, 0.6) is 0 Å². The van der Waals surface area contributed by atoms with E-state index in [1.54, 1.807) is 0 Å². The molecule has 21 heavy (non-hydrogen) atoms. The summed E-state index contributed by atoms with van der Waals surface area (Å²) in [6, 6.07) is 6.20. The van der Waals surface area contributed by atoms with Crippen LogP contribution < -0.4 is 5.73 Å². The molecule has 0 aliphatic carbocycles. The van der Waals surface area contributed by atoms with Gasteiger partial charge in [0.05, 0.1) is 5.69 Å². The first kappa shape index (κ1) is 14.4. The first-order valence-electron chi connectivity index (χ1n) is 7.53. The molecule has 3 nitrogen and oxygen atoms in total. The van der Waals surface area contributed by atoms with Gasteiger partial charge in [-0.25, -0.2) is 0 Å². The van der Waals surface area contributed by atoms with Crippen LogP contribution in [0.4, 0.5) is 5.69 Å². The Balaban J connectivity index is 1.96. The van der Waals surface area contributed by atoms with E-state index >= 15 is 0 Å². The minimum Gasteiger partial charge on any atom is -0.397 e. The Morgan fingerprint density at radius 3 is 2.62 bits per heavy atom. The summed E-state index contributed by atoms with van der Waals surface area (Å²) in [6.45, 7) is 8.17. The highest BCUT2D eigenvalue weighted by Crippen LogP contribution is 2.36. The van der Waals surface area contributed by atoms with Gasteiger partial charge in [0.1, 0.15) is 4.88 Å². The number of nitrogens with zero attached hydrogens (tertiary/aromatic N) is 1. The van der Waals surface area contributed by atoms with Gasteiger partial charge in [0.2, 0.25) is 0 Å². The maximum atomic E-state index is 12.8. The number of benzene rings is 1. The van der Waals surface area contributed by atoms with Crippen molar-refractivity contribution in [2.24, 2.45) is 11.8 Å². The largest absolute Gasteiger partial charge is 0.397 e. The van der Waals surface area contributed by atoms with E-state index in [4.69, 9.17) is 5.73 Å². The van der Waals surface area contributed by atoms with Crippen LogP contribution in [-0.2, 0) is 0 Å². The van der Waals surface area contributed by atoms with Crippen LogP contribution >= 0.6 is 11.3 Å². The van der Waals surface area contributed by atoms with Gasteiger partial charge in [0.25, 0.3) is 5.91 Å². The quantitative estimate of drug-likeness (QED) is 0.868. The molecule has 1 amide bonds. The third-order valence-corrected chi connectivity index (χ3v) is 5.41. The zero-order valence-electron chi connectivity index (χ0n) is 12.8. The van der Waals surface area contributed by atoms with Crippen molar-refractivity contribution in [1.29, 1.82) is 0 Å². The lowest BCUT2D eigenvalue weighted by Crippen LogP contribution is -2.42. The van der Waals surface area contributed by atoms with Crippen molar-refractivity contribution in [3.8, 4) is 0 Å². The van der Waals surface area contributed by atoms with Crippen LogP contribution in [0.15, 0.2) is 18.2 Å². The number of aryl methyl sites for hydroxylation is 1. The molecule has 1 aliphatic heterocycles. The molecule has 0 saturated carbocycles. The maximum absolute atomic E-state index is 12.8. The number of carbonyl (C=O) groups is 1. The van der Waals surface area contributed by atoms with Crippen LogP contribution in [0.3, 0.4) is 0 Å². The van der Waals surface area contributed by atoms with Crippen molar-refractivity contribution in [3.63, 3.8) is 0 Å². The molecule has 1 aromatic heterocycles. The number of amides is 1. The fraction of sp³-hybridized carbons (Fsp3) is 0.471. The van der Waals surface area contributed by atoms with E-state index in [9.17, 15) is 4.79 Å². The number of thiophene rings is 1. The van der Waals surface area contributed by atoms with Crippen LogP contribution in [-0.4, -0.2) is 23.9 Å². The Labute approximate surface area is 129 Å². The van der Waals surface area contributed by atoms with Gasteiger partial charge in [-0.1, -0.05) is 25.5 Å². The van der Waals surface area contributed by atoms with Crippen LogP contribution in [0.1, 0.15) is 35.5 Å². The summed E-state index contributed by atoms with van der Waals surface area (Å²) in [5.74, 6) is 1.23. The van der Waals surface area contributed by atoms with Gasteiger partial charge in [-0.3, -0.25) is 4.79 Å². The first-order chi connectivity index (χ1) is 9.95. The second-order valence-electron chi connectivity index (χ2n) is 6.50. The Kier molecular flexibility index (Phi) is 3.66. The van der Waals surface area contributed by atoms with Crippen molar-refractivity contribution in [2.75, 3.05) is 18.8 Å². The van der Waals surface area contributed by atoms with E-state index in [0.717, 1.165) is 23.2 Å². The predicted molar refractivity (Wildman–Crippen MR) is 89.8 cm³/mol. The summed E-state index contributed by atoms with van der Waals surface area (Å²) < 4.78 is 1.10. The zero-order chi connectivity index (χ0) is 15.1. The topological polar surface area (TPSA) is 46.3 Å². The molecule has 0 spiro atoms. The lowest BCUT2D eigenvalue weighted by molar-refractivity contribution is 0.0629. The molecule has 4 heteroatoms. The molecule has 112 valence electrons. The molecule has 0 radical (unpaired) electrons.